The van der Waals surface area contributed by atoms with Gasteiger partial charge >= 0.3 is 11.9 Å². The Balaban J connectivity index is 0.000000181. The molecule has 3 aromatic rings. The van der Waals surface area contributed by atoms with Gasteiger partial charge in [-0.3, -0.25) is 4.79 Å². The molecule has 4 bridgehead atoms. The van der Waals surface area contributed by atoms with Gasteiger partial charge in [-0.15, -0.1) is 0 Å². The van der Waals surface area contributed by atoms with Crippen LogP contribution in [0.15, 0.2) is 99.6 Å². The topological polar surface area (TPSA) is 66.4 Å². The first-order valence-corrected chi connectivity index (χ1v) is 17.7. The summed E-state index contributed by atoms with van der Waals surface area (Å²) in [5.74, 6) is -6.66. The van der Waals surface area contributed by atoms with Gasteiger partial charge in [0.05, 0.1) is 16.3 Å². The number of hydrogen-bond acceptors (Lipinski definition) is 4. The molecule has 3 aromatic carbocycles. The molecule has 0 N–H and O–H groups in total. The standard InChI is InChI=1S/C22H23S.C17H24F2O4/c1-22(2,3)18-14-16-21(17-15-18)23(19-10-6-4-7-11-19)20-12-8-5-9-13-20;1-9(2)13(17(18,19)14(20)21)23-15(22)16-6-10-3-11(7-16)5-12(4-10)8-16/h4-17H,1-3H3;9-13H,3-8H2,1-2H3,(H,20,21)/q+1;/p-1. The Morgan fingerprint density at radius 3 is 1.54 bits per heavy atom. The molecule has 0 heterocycles. The van der Waals surface area contributed by atoms with E-state index < -0.39 is 35.3 Å². The number of halogens is 2. The fourth-order valence-corrected chi connectivity index (χ4v) is 10.0. The summed E-state index contributed by atoms with van der Waals surface area (Å²) < 4.78 is 32.8. The predicted molar refractivity (Wildman–Crippen MR) is 175 cm³/mol. The molecule has 7 heteroatoms. The number of carbonyl (C=O) groups excluding carboxylic acids is 2. The molecule has 1 unspecified atom stereocenters. The van der Waals surface area contributed by atoms with Crippen LogP contribution in [0.3, 0.4) is 0 Å². The van der Waals surface area contributed by atoms with Crippen LogP contribution in [0.2, 0.25) is 0 Å². The fourth-order valence-electron chi connectivity index (χ4n) is 7.96. The zero-order chi connectivity index (χ0) is 33.3. The summed E-state index contributed by atoms with van der Waals surface area (Å²) in [6.45, 7) is 9.63. The van der Waals surface area contributed by atoms with Crippen molar-refractivity contribution in [2.75, 3.05) is 0 Å². The number of esters is 1. The molecular weight excluding hydrogens is 602 g/mol. The summed E-state index contributed by atoms with van der Waals surface area (Å²) in [6.07, 6.45) is 3.46. The van der Waals surface area contributed by atoms with Gasteiger partial charge in [0.25, 0.3) is 0 Å². The second-order valence-electron chi connectivity index (χ2n) is 14.9. The first kappa shape index (κ1) is 34.2. The molecule has 0 aliphatic heterocycles. The second-order valence-corrected chi connectivity index (χ2v) is 16.9. The van der Waals surface area contributed by atoms with Gasteiger partial charge in [0.1, 0.15) is 5.97 Å². The van der Waals surface area contributed by atoms with Gasteiger partial charge in [0.2, 0.25) is 0 Å². The van der Waals surface area contributed by atoms with Crippen LogP contribution in [0.5, 0.6) is 0 Å². The van der Waals surface area contributed by atoms with Crippen LogP contribution in [0.4, 0.5) is 8.78 Å². The number of benzene rings is 3. The smallest absolute Gasteiger partial charge is 0.323 e. The number of carboxylic acid groups (broad SMARTS) is 1. The van der Waals surface area contributed by atoms with E-state index in [1.807, 2.05) is 0 Å². The summed E-state index contributed by atoms with van der Waals surface area (Å²) in [5.41, 5.74) is 0.895. The van der Waals surface area contributed by atoms with E-state index in [1.165, 1.54) is 34.1 Å². The molecule has 0 spiro atoms. The molecule has 246 valence electrons. The molecule has 4 nitrogen and oxygen atoms in total. The Morgan fingerprint density at radius 2 is 1.17 bits per heavy atom. The summed E-state index contributed by atoms with van der Waals surface area (Å²) >= 11 is 0. The zero-order valence-electron chi connectivity index (χ0n) is 27.5. The molecule has 4 aliphatic rings. The molecule has 0 aromatic heterocycles. The Kier molecular flexibility index (Phi) is 10.0. The van der Waals surface area contributed by atoms with E-state index in [0.29, 0.717) is 37.0 Å². The van der Waals surface area contributed by atoms with Gasteiger partial charge in [-0.05, 0) is 110 Å². The Bertz CT molecular complexity index is 1410. The fraction of sp³-hybridized carbons (Fsp3) is 0.487. The van der Waals surface area contributed by atoms with E-state index in [0.717, 1.165) is 19.3 Å². The SMILES string of the molecule is CC(C)(C)c1ccc([S+](c2ccccc2)c2ccccc2)cc1.CC(C)C(OC(=O)C12CC3CC(CC(C3)C1)C2)C(F)(F)C(=O)[O-]. The third-order valence-electron chi connectivity index (χ3n) is 9.85. The first-order valence-electron chi connectivity index (χ1n) is 16.4. The van der Waals surface area contributed by atoms with E-state index in [1.54, 1.807) is 0 Å². The third-order valence-corrected chi connectivity index (χ3v) is 12.1. The lowest BCUT2D eigenvalue weighted by atomic mass is 9.49. The molecule has 0 amide bonds. The van der Waals surface area contributed by atoms with Crippen molar-refractivity contribution in [2.24, 2.45) is 29.1 Å². The molecule has 4 fully saturated rings. The molecule has 1 atom stereocenters. The Hall–Kier alpha value is -3.19. The van der Waals surface area contributed by atoms with Gasteiger partial charge in [0, 0.05) is 0 Å². The maximum atomic E-state index is 13.9. The van der Waals surface area contributed by atoms with Crippen LogP contribution >= 0.6 is 0 Å². The van der Waals surface area contributed by atoms with Crippen molar-refractivity contribution in [1.82, 2.24) is 0 Å². The van der Waals surface area contributed by atoms with Crippen molar-refractivity contribution in [1.29, 1.82) is 0 Å². The van der Waals surface area contributed by atoms with Crippen molar-refractivity contribution in [3.8, 4) is 0 Å². The lowest BCUT2D eigenvalue weighted by Gasteiger charge is -2.55. The lowest BCUT2D eigenvalue weighted by Crippen LogP contribution is -2.56. The van der Waals surface area contributed by atoms with Crippen LogP contribution in [-0.4, -0.2) is 24.0 Å². The van der Waals surface area contributed by atoms with Crippen molar-refractivity contribution in [3.63, 3.8) is 0 Å². The largest absolute Gasteiger partial charge is 0.544 e. The van der Waals surface area contributed by atoms with Crippen LogP contribution in [0.1, 0.15) is 78.7 Å². The lowest BCUT2D eigenvalue weighted by molar-refractivity contribution is -0.338. The zero-order valence-corrected chi connectivity index (χ0v) is 28.3. The van der Waals surface area contributed by atoms with E-state index in [9.17, 15) is 23.5 Å². The highest BCUT2D eigenvalue weighted by Crippen LogP contribution is 2.60. The molecular formula is C39H46F2O4S. The van der Waals surface area contributed by atoms with Crippen molar-refractivity contribution in [3.05, 3.63) is 90.5 Å². The number of alkyl halides is 2. The minimum absolute atomic E-state index is 0.0497. The van der Waals surface area contributed by atoms with E-state index in [4.69, 9.17) is 4.74 Å². The molecule has 7 rings (SSSR count). The summed E-state index contributed by atoms with van der Waals surface area (Å²) in [6, 6.07) is 30.7. The van der Waals surface area contributed by atoms with Crippen LogP contribution in [0, 0.1) is 29.1 Å². The van der Waals surface area contributed by atoms with E-state index in [2.05, 4.69) is 106 Å². The highest BCUT2D eigenvalue weighted by molar-refractivity contribution is 7.97. The predicted octanol–water partition coefficient (Wildman–Crippen LogP) is 8.24. The molecule has 0 radical (unpaired) electrons. The average Bonchev–Trinajstić information content (AvgIpc) is 3.00. The van der Waals surface area contributed by atoms with Gasteiger partial charge in [0.15, 0.2) is 20.8 Å². The van der Waals surface area contributed by atoms with Crippen LogP contribution in [-0.2, 0) is 30.6 Å². The Labute approximate surface area is 275 Å². The van der Waals surface area contributed by atoms with Crippen molar-refractivity contribution in [2.45, 2.75) is 105 Å². The summed E-state index contributed by atoms with van der Waals surface area (Å²) in [5, 5.41) is 10.7. The number of hydrogen-bond donors (Lipinski definition) is 0. The van der Waals surface area contributed by atoms with E-state index in [-0.39, 0.29) is 16.3 Å². The normalized spacial score (nSPS) is 24.3. The van der Waals surface area contributed by atoms with E-state index >= 15 is 0 Å². The van der Waals surface area contributed by atoms with Gasteiger partial charge in [-0.1, -0.05) is 83.1 Å². The van der Waals surface area contributed by atoms with Gasteiger partial charge in [-0.2, -0.15) is 8.78 Å². The highest BCUT2D eigenvalue weighted by atomic mass is 32.2. The number of ether oxygens (including phenoxy) is 1. The number of rotatable bonds is 8. The monoisotopic (exact) mass is 648 g/mol. The maximum Gasteiger partial charge on any atom is 0.323 e. The van der Waals surface area contributed by atoms with Crippen molar-refractivity contribution >= 4 is 22.8 Å². The number of carbonyl (C=O) groups is 2. The molecule has 0 saturated heterocycles. The Morgan fingerprint density at radius 1 is 0.761 bits per heavy atom. The minimum atomic E-state index is -4.17. The van der Waals surface area contributed by atoms with Crippen molar-refractivity contribution < 1.29 is 28.2 Å². The highest BCUT2D eigenvalue weighted by Gasteiger charge is 2.57. The second kappa shape index (κ2) is 13.5. The number of aliphatic carboxylic acids is 1. The van der Waals surface area contributed by atoms with Gasteiger partial charge in [-0.25, -0.2) is 0 Å². The third kappa shape index (κ3) is 7.35. The first-order chi connectivity index (χ1) is 21.7. The minimum Gasteiger partial charge on any atom is -0.544 e. The molecule has 46 heavy (non-hydrogen) atoms. The molecule has 4 saturated carbocycles. The maximum absolute atomic E-state index is 13.9. The molecule has 4 aliphatic carbocycles. The summed E-state index contributed by atoms with van der Waals surface area (Å²) in [7, 11) is -0.0497. The average molecular weight is 649 g/mol. The van der Waals surface area contributed by atoms with Crippen LogP contribution in [0.25, 0.3) is 0 Å². The number of carboxylic acids is 1. The quantitative estimate of drug-likeness (QED) is 0.182. The van der Waals surface area contributed by atoms with Crippen LogP contribution < -0.4 is 5.11 Å². The summed E-state index contributed by atoms with van der Waals surface area (Å²) in [4.78, 5) is 27.6. The van der Waals surface area contributed by atoms with Gasteiger partial charge < -0.3 is 14.6 Å².